The summed E-state index contributed by atoms with van der Waals surface area (Å²) in [5.74, 6) is -5.24. The Bertz CT molecular complexity index is 555. The second-order valence-corrected chi connectivity index (χ2v) is 5.39. The normalized spacial score (nSPS) is 22.4. The smallest absolute Gasteiger partial charge is 0.373 e. The van der Waals surface area contributed by atoms with Crippen LogP contribution in [0.2, 0.25) is 0 Å². The first kappa shape index (κ1) is 12.8. The molecule has 1 aliphatic rings. The zero-order valence-corrected chi connectivity index (χ0v) is 10.2. The molecule has 0 radical (unpaired) electrons. The first-order valence-corrected chi connectivity index (χ1v) is 6.07. The third-order valence-corrected chi connectivity index (χ3v) is 4.02. The zero-order valence-electron chi connectivity index (χ0n) is 9.34. The van der Waals surface area contributed by atoms with E-state index in [1.165, 1.54) is 23.9 Å². The molecule has 0 fully saturated rings. The van der Waals surface area contributed by atoms with Crippen LogP contribution in [-0.2, 0) is 9.59 Å². The maximum atomic E-state index is 13.1. The topological polar surface area (TPSA) is 71.4 Å². The second kappa shape index (κ2) is 4.53. The molecule has 0 bridgehead atoms. The summed E-state index contributed by atoms with van der Waals surface area (Å²) >= 11 is 1.21. The minimum Gasteiger partial charge on any atom is -0.475 e. The van der Waals surface area contributed by atoms with Gasteiger partial charge >= 0.3 is 5.97 Å². The third-order valence-electron chi connectivity index (χ3n) is 2.77. The van der Waals surface area contributed by atoms with Crippen molar-refractivity contribution in [2.75, 3.05) is 0 Å². The predicted molar refractivity (Wildman–Crippen MR) is 62.2 cm³/mol. The van der Waals surface area contributed by atoms with E-state index in [4.69, 9.17) is 5.11 Å². The zero-order chi connectivity index (χ0) is 13.4. The molecule has 0 aliphatic carbocycles. The van der Waals surface area contributed by atoms with Gasteiger partial charge in [0.15, 0.2) is 5.78 Å². The summed E-state index contributed by atoms with van der Waals surface area (Å²) in [4.78, 5) is 34.8. The lowest BCUT2D eigenvalue weighted by Gasteiger charge is -2.26. The van der Waals surface area contributed by atoms with Gasteiger partial charge in [0.05, 0.1) is 0 Å². The van der Waals surface area contributed by atoms with Gasteiger partial charge in [-0.2, -0.15) is 0 Å². The molecule has 1 aromatic carbocycles. The van der Waals surface area contributed by atoms with Crippen molar-refractivity contribution in [3.8, 4) is 0 Å². The second-order valence-electron chi connectivity index (χ2n) is 3.97. The van der Waals surface area contributed by atoms with Gasteiger partial charge in [-0.25, -0.2) is 9.18 Å². The van der Waals surface area contributed by atoms with Crippen LogP contribution in [0, 0.1) is 11.7 Å². The average molecular weight is 268 g/mol. The molecule has 6 heteroatoms. The van der Waals surface area contributed by atoms with Crippen molar-refractivity contribution in [2.24, 2.45) is 5.92 Å². The highest BCUT2D eigenvalue weighted by atomic mass is 32.2. The number of rotatable bonds is 2. The maximum absolute atomic E-state index is 13.1. The van der Waals surface area contributed by atoms with Crippen LogP contribution in [0.4, 0.5) is 4.39 Å². The molecule has 0 aromatic heterocycles. The fourth-order valence-corrected chi connectivity index (χ4v) is 3.13. The summed E-state index contributed by atoms with van der Waals surface area (Å²) in [5.41, 5.74) is 0.0812. The molecule has 1 aliphatic heterocycles. The lowest BCUT2D eigenvalue weighted by atomic mass is 9.90. The molecule has 0 amide bonds. The fraction of sp³-hybridized carbons (Fsp3) is 0.250. The number of benzene rings is 1. The van der Waals surface area contributed by atoms with Crippen LogP contribution in [0.15, 0.2) is 23.1 Å². The molecule has 2 rings (SSSR count). The van der Waals surface area contributed by atoms with Gasteiger partial charge in [-0.15, -0.1) is 11.8 Å². The number of halogens is 1. The van der Waals surface area contributed by atoms with Crippen LogP contribution < -0.4 is 0 Å². The number of fused-ring (bicyclic) bond motifs is 1. The molecule has 0 saturated heterocycles. The number of aliphatic carboxylic acids is 1. The van der Waals surface area contributed by atoms with Crippen LogP contribution >= 0.6 is 11.8 Å². The number of carboxylic acids is 1. The molecular weight excluding hydrogens is 259 g/mol. The van der Waals surface area contributed by atoms with Crippen LogP contribution in [0.25, 0.3) is 0 Å². The van der Waals surface area contributed by atoms with Gasteiger partial charge in [0.1, 0.15) is 11.7 Å². The summed E-state index contributed by atoms with van der Waals surface area (Å²) in [6.45, 7) is 1.61. The Balaban J connectivity index is 2.47. The van der Waals surface area contributed by atoms with Crippen LogP contribution in [-0.4, -0.2) is 27.9 Å². The van der Waals surface area contributed by atoms with E-state index in [2.05, 4.69) is 0 Å². The van der Waals surface area contributed by atoms with Crippen LogP contribution in [0.1, 0.15) is 17.3 Å². The van der Waals surface area contributed by atoms with E-state index in [0.29, 0.717) is 4.90 Å². The van der Waals surface area contributed by atoms with Crippen molar-refractivity contribution in [3.63, 3.8) is 0 Å². The molecule has 1 N–H and O–H groups in total. The predicted octanol–water partition coefficient (Wildman–Crippen LogP) is 1.77. The van der Waals surface area contributed by atoms with Crippen molar-refractivity contribution in [1.29, 1.82) is 0 Å². The van der Waals surface area contributed by atoms with Gasteiger partial charge in [-0.05, 0) is 18.2 Å². The van der Waals surface area contributed by atoms with E-state index < -0.39 is 34.5 Å². The van der Waals surface area contributed by atoms with E-state index in [1.807, 2.05) is 0 Å². The Labute approximate surface area is 106 Å². The highest BCUT2D eigenvalue weighted by Crippen LogP contribution is 2.38. The third kappa shape index (κ3) is 2.03. The first-order chi connectivity index (χ1) is 8.41. The summed E-state index contributed by atoms with van der Waals surface area (Å²) in [6, 6.07) is 3.73. The van der Waals surface area contributed by atoms with Crippen molar-refractivity contribution in [1.82, 2.24) is 0 Å². The quantitative estimate of drug-likeness (QED) is 0.653. The molecule has 0 saturated carbocycles. The van der Waals surface area contributed by atoms with Gasteiger partial charge < -0.3 is 5.11 Å². The number of ketones is 2. The van der Waals surface area contributed by atoms with Gasteiger partial charge in [-0.1, -0.05) is 6.92 Å². The Hall–Kier alpha value is -1.69. The number of Topliss-reactive ketones (excluding diaryl/α,β-unsaturated/α-hetero) is 2. The molecule has 1 heterocycles. The molecular formula is C12H9FO4S. The van der Waals surface area contributed by atoms with Crippen molar-refractivity contribution < 1.29 is 23.9 Å². The van der Waals surface area contributed by atoms with Crippen molar-refractivity contribution >= 4 is 29.3 Å². The SMILES string of the molecule is CC1Sc2ccc(F)cc2C(=O)C1C(=O)C(=O)O. The standard InChI is InChI=1S/C12H9FO4S/c1-5-9(11(15)12(16)17)10(14)7-4-6(13)2-3-8(7)18-5/h2-5,9H,1H3,(H,16,17). The van der Waals surface area contributed by atoms with E-state index in [9.17, 15) is 18.8 Å². The monoisotopic (exact) mass is 268 g/mol. The molecule has 0 spiro atoms. The Morgan fingerprint density at radius 2 is 2.06 bits per heavy atom. The van der Waals surface area contributed by atoms with Crippen molar-refractivity contribution in [3.05, 3.63) is 29.6 Å². The molecule has 2 unspecified atom stereocenters. The van der Waals surface area contributed by atoms with Crippen LogP contribution in [0.3, 0.4) is 0 Å². The highest BCUT2D eigenvalue weighted by molar-refractivity contribution is 8.00. The summed E-state index contributed by atoms with van der Waals surface area (Å²) in [5, 5.41) is 8.21. The van der Waals surface area contributed by atoms with E-state index in [-0.39, 0.29) is 5.56 Å². The molecule has 2 atom stereocenters. The summed E-state index contributed by atoms with van der Waals surface area (Å²) < 4.78 is 13.1. The fourth-order valence-electron chi connectivity index (χ4n) is 1.91. The number of carboxylic acid groups (broad SMARTS) is 1. The van der Waals surface area contributed by atoms with Gasteiger partial charge in [-0.3, -0.25) is 9.59 Å². The largest absolute Gasteiger partial charge is 0.475 e. The minimum absolute atomic E-state index is 0.0812. The van der Waals surface area contributed by atoms with E-state index >= 15 is 0 Å². The lowest BCUT2D eigenvalue weighted by Crippen LogP contribution is -2.38. The van der Waals surface area contributed by atoms with E-state index in [0.717, 1.165) is 6.07 Å². The van der Waals surface area contributed by atoms with Gasteiger partial charge in [0, 0.05) is 15.7 Å². The Morgan fingerprint density at radius 1 is 1.39 bits per heavy atom. The average Bonchev–Trinajstić information content (AvgIpc) is 2.30. The number of thioether (sulfide) groups is 1. The number of hydrogen-bond donors (Lipinski definition) is 1. The molecule has 94 valence electrons. The van der Waals surface area contributed by atoms with Crippen LogP contribution in [0.5, 0.6) is 0 Å². The molecule has 18 heavy (non-hydrogen) atoms. The lowest BCUT2D eigenvalue weighted by molar-refractivity contribution is -0.150. The van der Waals surface area contributed by atoms with Gasteiger partial charge in [0.25, 0.3) is 5.78 Å². The molecule has 1 aromatic rings. The van der Waals surface area contributed by atoms with E-state index in [1.54, 1.807) is 6.92 Å². The first-order valence-electron chi connectivity index (χ1n) is 5.19. The maximum Gasteiger partial charge on any atom is 0.373 e. The number of carbonyl (C=O) groups is 3. The molecule has 4 nitrogen and oxygen atoms in total. The highest BCUT2D eigenvalue weighted by Gasteiger charge is 2.41. The van der Waals surface area contributed by atoms with Crippen molar-refractivity contribution in [2.45, 2.75) is 17.1 Å². The Kier molecular flexibility index (Phi) is 3.21. The summed E-state index contributed by atoms with van der Waals surface area (Å²) in [7, 11) is 0. The minimum atomic E-state index is -1.64. The Morgan fingerprint density at radius 3 is 2.67 bits per heavy atom. The summed E-state index contributed by atoms with van der Waals surface area (Å²) in [6.07, 6.45) is 0. The van der Waals surface area contributed by atoms with Gasteiger partial charge in [0.2, 0.25) is 0 Å². The number of hydrogen-bond acceptors (Lipinski definition) is 4. The number of carbonyl (C=O) groups excluding carboxylic acids is 2.